The predicted molar refractivity (Wildman–Crippen MR) is 84.7 cm³/mol. The van der Waals surface area contributed by atoms with E-state index in [9.17, 15) is 5.11 Å². The molecule has 0 aliphatic rings. The predicted octanol–water partition coefficient (Wildman–Crippen LogP) is 4.55. The zero-order valence-electron chi connectivity index (χ0n) is 12.4. The van der Waals surface area contributed by atoms with E-state index in [1.165, 1.54) is 11.1 Å². The van der Waals surface area contributed by atoms with E-state index in [1.54, 1.807) is 0 Å². The molecule has 0 spiro atoms. The summed E-state index contributed by atoms with van der Waals surface area (Å²) in [6.45, 7) is 4.45. The lowest BCUT2D eigenvalue weighted by Gasteiger charge is -2.12. The third-order valence-electron chi connectivity index (χ3n) is 3.56. The SMILES string of the molecule is CC(C)Cc1ccc(C(O)CCc2ccccc2)cc1. The maximum absolute atomic E-state index is 10.3. The highest BCUT2D eigenvalue weighted by Gasteiger charge is 2.08. The summed E-state index contributed by atoms with van der Waals surface area (Å²) < 4.78 is 0. The van der Waals surface area contributed by atoms with Crippen molar-refractivity contribution in [3.8, 4) is 0 Å². The van der Waals surface area contributed by atoms with Crippen LogP contribution < -0.4 is 0 Å². The summed E-state index contributed by atoms with van der Waals surface area (Å²) in [5, 5.41) is 10.3. The molecule has 106 valence electrons. The van der Waals surface area contributed by atoms with E-state index in [2.05, 4.69) is 50.2 Å². The van der Waals surface area contributed by atoms with Crippen LogP contribution in [0.15, 0.2) is 54.6 Å². The highest BCUT2D eigenvalue weighted by Crippen LogP contribution is 2.20. The van der Waals surface area contributed by atoms with Gasteiger partial charge in [0, 0.05) is 0 Å². The summed E-state index contributed by atoms with van der Waals surface area (Å²) in [4.78, 5) is 0. The first kappa shape index (κ1) is 14.8. The highest BCUT2D eigenvalue weighted by molar-refractivity contribution is 5.25. The summed E-state index contributed by atoms with van der Waals surface area (Å²) >= 11 is 0. The molecular formula is C19H24O. The number of aryl methyl sites for hydroxylation is 1. The third-order valence-corrected chi connectivity index (χ3v) is 3.56. The lowest BCUT2D eigenvalue weighted by atomic mass is 9.98. The van der Waals surface area contributed by atoms with Crippen molar-refractivity contribution in [2.75, 3.05) is 0 Å². The average molecular weight is 268 g/mol. The van der Waals surface area contributed by atoms with Gasteiger partial charge in [0.1, 0.15) is 0 Å². The van der Waals surface area contributed by atoms with Gasteiger partial charge in [-0.3, -0.25) is 0 Å². The molecule has 0 heterocycles. The zero-order valence-corrected chi connectivity index (χ0v) is 12.4. The van der Waals surface area contributed by atoms with Crippen molar-refractivity contribution < 1.29 is 5.11 Å². The Kier molecular flexibility index (Phi) is 5.37. The topological polar surface area (TPSA) is 20.2 Å². The molecule has 0 saturated heterocycles. The van der Waals surface area contributed by atoms with Crippen LogP contribution in [0.5, 0.6) is 0 Å². The summed E-state index contributed by atoms with van der Waals surface area (Å²) in [5.74, 6) is 0.670. The molecule has 1 atom stereocenters. The van der Waals surface area contributed by atoms with Crippen LogP contribution in [-0.4, -0.2) is 5.11 Å². The van der Waals surface area contributed by atoms with Crippen molar-refractivity contribution in [1.29, 1.82) is 0 Å². The largest absolute Gasteiger partial charge is 0.388 e. The molecule has 2 aromatic carbocycles. The second-order valence-corrected chi connectivity index (χ2v) is 5.88. The Morgan fingerprint density at radius 1 is 0.850 bits per heavy atom. The van der Waals surface area contributed by atoms with Crippen molar-refractivity contribution in [2.24, 2.45) is 5.92 Å². The molecule has 0 fully saturated rings. The maximum Gasteiger partial charge on any atom is 0.0793 e. The number of benzene rings is 2. The molecule has 0 saturated carbocycles. The van der Waals surface area contributed by atoms with E-state index >= 15 is 0 Å². The van der Waals surface area contributed by atoms with Crippen molar-refractivity contribution in [3.05, 3.63) is 71.3 Å². The van der Waals surface area contributed by atoms with Gasteiger partial charge in [-0.2, -0.15) is 0 Å². The minimum absolute atomic E-state index is 0.372. The number of rotatable bonds is 6. The van der Waals surface area contributed by atoms with E-state index in [0.717, 1.165) is 24.8 Å². The van der Waals surface area contributed by atoms with Crippen LogP contribution in [-0.2, 0) is 12.8 Å². The van der Waals surface area contributed by atoms with Gasteiger partial charge in [-0.1, -0.05) is 68.4 Å². The summed E-state index contributed by atoms with van der Waals surface area (Å²) in [6, 6.07) is 18.7. The molecule has 1 heteroatoms. The molecule has 2 aromatic rings. The third kappa shape index (κ3) is 4.50. The van der Waals surface area contributed by atoms with Gasteiger partial charge in [-0.25, -0.2) is 0 Å². The molecular weight excluding hydrogens is 244 g/mol. The molecule has 1 unspecified atom stereocenters. The van der Waals surface area contributed by atoms with E-state index in [-0.39, 0.29) is 6.10 Å². The molecule has 0 aliphatic heterocycles. The van der Waals surface area contributed by atoms with Gasteiger partial charge in [-0.15, -0.1) is 0 Å². The molecule has 1 nitrogen and oxygen atoms in total. The second-order valence-electron chi connectivity index (χ2n) is 5.88. The molecule has 0 aliphatic carbocycles. The fraction of sp³-hybridized carbons (Fsp3) is 0.368. The van der Waals surface area contributed by atoms with Gasteiger partial charge >= 0.3 is 0 Å². The van der Waals surface area contributed by atoms with E-state index in [4.69, 9.17) is 0 Å². The standard InChI is InChI=1S/C19H24O/c1-15(2)14-17-8-11-18(12-9-17)19(20)13-10-16-6-4-3-5-7-16/h3-9,11-12,15,19-20H,10,13-14H2,1-2H3. The van der Waals surface area contributed by atoms with Crippen LogP contribution in [0, 0.1) is 5.92 Å². The monoisotopic (exact) mass is 268 g/mol. The minimum atomic E-state index is -0.372. The Hall–Kier alpha value is -1.60. The normalized spacial score (nSPS) is 12.6. The quantitative estimate of drug-likeness (QED) is 0.814. The highest BCUT2D eigenvalue weighted by atomic mass is 16.3. The van der Waals surface area contributed by atoms with Crippen LogP contribution >= 0.6 is 0 Å². The lowest BCUT2D eigenvalue weighted by molar-refractivity contribution is 0.168. The van der Waals surface area contributed by atoms with Gasteiger partial charge in [0.2, 0.25) is 0 Å². The Morgan fingerprint density at radius 2 is 1.50 bits per heavy atom. The summed E-state index contributed by atoms with van der Waals surface area (Å²) in [7, 11) is 0. The van der Waals surface area contributed by atoms with Gasteiger partial charge in [0.05, 0.1) is 6.10 Å². The summed E-state index contributed by atoms with van der Waals surface area (Å²) in [6.07, 6.45) is 2.41. The molecule has 0 bridgehead atoms. The Bertz CT molecular complexity index is 499. The maximum atomic E-state index is 10.3. The van der Waals surface area contributed by atoms with Crippen LogP contribution in [0.3, 0.4) is 0 Å². The van der Waals surface area contributed by atoms with E-state index in [1.807, 2.05) is 18.2 Å². The van der Waals surface area contributed by atoms with Gasteiger partial charge in [0.15, 0.2) is 0 Å². The number of aliphatic hydroxyl groups is 1. The number of aliphatic hydroxyl groups excluding tert-OH is 1. The minimum Gasteiger partial charge on any atom is -0.388 e. The summed E-state index contributed by atoms with van der Waals surface area (Å²) in [5.41, 5.74) is 3.65. The Morgan fingerprint density at radius 3 is 2.10 bits per heavy atom. The molecule has 0 amide bonds. The molecule has 0 radical (unpaired) electrons. The van der Waals surface area contributed by atoms with Crippen LogP contribution in [0.2, 0.25) is 0 Å². The van der Waals surface area contributed by atoms with Gasteiger partial charge in [0.25, 0.3) is 0 Å². The van der Waals surface area contributed by atoms with E-state index in [0.29, 0.717) is 5.92 Å². The van der Waals surface area contributed by atoms with Gasteiger partial charge < -0.3 is 5.11 Å². The van der Waals surface area contributed by atoms with Crippen molar-refractivity contribution in [2.45, 2.75) is 39.2 Å². The van der Waals surface area contributed by atoms with Crippen molar-refractivity contribution in [1.82, 2.24) is 0 Å². The Labute approximate surface area is 122 Å². The molecule has 2 rings (SSSR count). The first-order valence-electron chi connectivity index (χ1n) is 7.46. The first-order chi connectivity index (χ1) is 9.65. The lowest BCUT2D eigenvalue weighted by Crippen LogP contribution is -2.00. The fourth-order valence-electron chi connectivity index (χ4n) is 2.46. The van der Waals surface area contributed by atoms with Crippen LogP contribution in [0.4, 0.5) is 0 Å². The first-order valence-corrected chi connectivity index (χ1v) is 7.46. The number of hydrogen-bond donors (Lipinski definition) is 1. The zero-order chi connectivity index (χ0) is 14.4. The van der Waals surface area contributed by atoms with Crippen molar-refractivity contribution in [3.63, 3.8) is 0 Å². The molecule has 1 N–H and O–H groups in total. The van der Waals surface area contributed by atoms with Crippen LogP contribution in [0.1, 0.15) is 43.1 Å². The Balaban J connectivity index is 1.90. The number of hydrogen-bond acceptors (Lipinski definition) is 1. The second kappa shape index (κ2) is 7.25. The molecule has 20 heavy (non-hydrogen) atoms. The van der Waals surface area contributed by atoms with Gasteiger partial charge in [-0.05, 0) is 41.9 Å². The molecule has 0 aromatic heterocycles. The average Bonchev–Trinajstić information content (AvgIpc) is 2.46. The van der Waals surface area contributed by atoms with Crippen LogP contribution in [0.25, 0.3) is 0 Å². The smallest absolute Gasteiger partial charge is 0.0793 e. The fourth-order valence-corrected chi connectivity index (χ4v) is 2.46. The van der Waals surface area contributed by atoms with E-state index < -0.39 is 0 Å². The van der Waals surface area contributed by atoms with Crippen molar-refractivity contribution >= 4 is 0 Å².